The normalized spacial score (nSPS) is 19.2. The van der Waals surface area contributed by atoms with E-state index in [0.717, 1.165) is 30.6 Å². The van der Waals surface area contributed by atoms with Crippen LogP contribution in [-0.2, 0) is 6.54 Å². The number of aromatic amines is 1. The molecule has 2 aliphatic rings. The second-order valence-corrected chi connectivity index (χ2v) is 9.17. The molecule has 3 aromatic rings. The van der Waals surface area contributed by atoms with E-state index in [1.165, 1.54) is 4.57 Å². The minimum absolute atomic E-state index is 0.120. The Balaban J connectivity index is 1.68. The smallest absolute Gasteiger partial charge is 0.329 e. The zero-order valence-electron chi connectivity index (χ0n) is 19.1. The molecule has 8 heteroatoms. The number of likely N-dealkylation sites (N-methyl/N-ethyl adjacent to an activating group) is 1. The van der Waals surface area contributed by atoms with Gasteiger partial charge < -0.3 is 9.80 Å². The Morgan fingerprint density at radius 3 is 2.61 bits per heavy atom. The summed E-state index contributed by atoms with van der Waals surface area (Å²) in [7, 11) is 2.05. The second-order valence-electron chi connectivity index (χ2n) is 9.17. The summed E-state index contributed by atoms with van der Waals surface area (Å²) in [6.45, 7) is 4.43. The first kappa shape index (κ1) is 21.6. The van der Waals surface area contributed by atoms with Crippen molar-refractivity contribution >= 4 is 16.9 Å². The van der Waals surface area contributed by atoms with Gasteiger partial charge in [0.2, 0.25) is 0 Å². The molecule has 33 heavy (non-hydrogen) atoms. The van der Waals surface area contributed by atoms with Crippen LogP contribution in [0.4, 0.5) is 0 Å². The Morgan fingerprint density at radius 2 is 1.91 bits per heavy atom. The number of carbonyl (C=O) groups is 1. The van der Waals surface area contributed by atoms with Gasteiger partial charge in [-0.3, -0.25) is 19.1 Å². The predicted molar refractivity (Wildman–Crippen MR) is 127 cm³/mol. The van der Waals surface area contributed by atoms with E-state index >= 15 is 0 Å². The molecule has 1 aliphatic heterocycles. The second kappa shape index (κ2) is 8.59. The number of amides is 1. The number of fused-ring (bicyclic) bond motifs is 1. The first-order valence-electron chi connectivity index (χ1n) is 11.7. The Kier molecular flexibility index (Phi) is 5.62. The van der Waals surface area contributed by atoms with Gasteiger partial charge in [0.15, 0.2) is 5.65 Å². The highest BCUT2D eigenvalue weighted by Crippen LogP contribution is 2.40. The number of benzene rings is 1. The van der Waals surface area contributed by atoms with Crippen LogP contribution in [0.25, 0.3) is 11.0 Å². The molecule has 0 radical (unpaired) electrons. The number of aryl methyl sites for hydroxylation is 1. The fourth-order valence-electron chi connectivity index (χ4n) is 4.76. The molecule has 1 aliphatic carbocycles. The van der Waals surface area contributed by atoms with Gasteiger partial charge in [0.1, 0.15) is 0 Å². The van der Waals surface area contributed by atoms with Gasteiger partial charge in [-0.2, -0.15) is 0 Å². The molecular formula is C25H29N5O3. The Labute approximate surface area is 191 Å². The maximum absolute atomic E-state index is 14.0. The standard InChI is InChI=1S/C25H29N5O3/c1-3-11-30-22-21(23(31)27-25(30)33)18(14-19(26-22)16-9-10-16)24(32)29-13-12-28(2)15-20(29)17-7-5-4-6-8-17/h4-8,14,16,20H,3,9-13,15H2,1-2H3,(H,27,31,33)/t20-/m0/s1. The molecule has 2 aromatic heterocycles. The first-order chi connectivity index (χ1) is 16.0. The van der Waals surface area contributed by atoms with Crippen LogP contribution >= 0.6 is 0 Å². The van der Waals surface area contributed by atoms with Crippen molar-refractivity contribution in [2.24, 2.45) is 0 Å². The lowest BCUT2D eigenvalue weighted by Gasteiger charge is -2.40. The number of piperazine rings is 1. The third-order valence-electron chi connectivity index (χ3n) is 6.67. The Bertz CT molecular complexity index is 1310. The number of pyridine rings is 1. The maximum Gasteiger partial charge on any atom is 0.329 e. The summed E-state index contributed by atoms with van der Waals surface area (Å²) >= 11 is 0. The molecule has 172 valence electrons. The van der Waals surface area contributed by atoms with Crippen LogP contribution in [0.3, 0.4) is 0 Å². The molecule has 0 unspecified atom stereocenters. The van der Waals surface area contributed by atoms with Gasteiger partial charge in [-0.25, -0.2) is 9.78 Å². The topological polar surface area (TPSA) is 91.3 Å². The van der Waals surface area contributed by atoms with Crippen molar-refractivity contribution in [3.05, 3.63) is 74.1 Å². The van der Waals surface area contributed by atoms with Crippen molar-refractivity contribution in [2.75, 3.05) is 26.7 Å². The number of aromatic nitrogens is 3. The van der Waals surface area contributed by atoms with Gasteiger partial charge in [-0.05, 0) is 37.9 Å². The van der Waals surface area contributed by atoms with Crippen LogP contribution in [0, 0.1) is 0 Å². The van der Waals surface area contributed by atoms with E-state index in [1.807, 2.05) is 42.2 Å². The molecule has 1 saturated heterocycles. The number of hydrogen-bond donors (Lipinski definition) is 1. The first-order valence-corrected chi connectivity index (χ1v) is 11.7. The number of rotatable bonds is 5. The molecule has 1 aromatic carbocycles. The molecule has 1 amide bonds. The summed E-state index contributed by atoms with van der Waals surface area (Å²) in [5, 5.41) is 0.211. The van der Waals surface area contributed by atoms with E-state index in [9.17, 15) is 14.4 Å². The molecule has 0 spiro atoms. The largest absolute Gasteiger partial charge is 0.329 e. The average Bonchev–Trinajstić information content (AvgIpc) is 3.66. The van der Waals surface area contributed by atoms with Gasteiger partial charge in [0.05, 0.1) is 17.0 Å². The Morgan fingerprint density at radius 1 is 1.15 bits per heavy atom. The lowest BCUT2D eigenvalue weighted by Crippen LogP contribution is -2.49. The van der Waals surface area contributed by atoms with Gasteiger partial charge >= 0.3 is 5.69 Å². The fourth-order valence-corrected chi connectivity index (χ4v) is 4.76. The lowest BCUT2D eigenvalue weighted by atomic mass is 10.00. The van der Waals surface area contributed by atoms with Gasteiger partial charge in [0.25, 0.3) is 11.5 Å². The van der Waals surface area contributed by atoms with E-state index in [0.29, 0.717) is 37.3 Å². The summed E-state index contributed by atoms with van der Waals surface area (Å²) < 4.78 is 1.50. The molecular weight excluding hydrogens is 418 g/mol. The van der Waals surface area contributed by atoms with Gasteiger partial charge in [0, 0.05) is 37.8 Å². The van der Waals surface area contributed by atoms with E-state index in [1.54, 1.807) is 6.07 Å². The SMILES string of the molecule is CCCn1c(=O)[nH]c(=O)c2c(C(=O)N3CCN(C)C[C@H]3c3ccccc3)cc(C3CC3)nc21. The van der Waals surface area contributed by atoms with Crippen LogP contribution < -0.4 is 11.2 Å². The Hall–Kier alpha value is -3.26. The minimum atomic E-state index is -0.550. The molecule has 1 N–H and O–H groups in total. The molecule has 1 saturated carbocycles. The summed E-state index contributed by atoms with van der Waals surface area (Å²) in [6, 6.07) is 11.7. The van der Waals surface area contributed by atoms with Crippen molar-refractivity contribution in [1.29, 1.82) is 0 Å². The quantitative estimate of drug-likeness (QED) is 0.649. The molecule has 2 fully saturated rings. The summed E-state index contributed by atoms with van der Waals surface area (Å²) in [6.07, 6.45) is 2.73. The summed E-state index contributed by atoms with van der Waals surface area (Å²) in [4.78, 5) is 50.8. The van der Waals surface area contributed by atoms with E-state index in [-0.39, 0.29) is 23.3 Å². The number of hydrogen-bond acceptors (Lipinski definition) is 5. The monoisotopic (exact) mass is 447 g/mol. The molecule has 8 nitrogen and oxygen atoms in total. The predicted octanol–water partition coefficient (Wildman–Crippen LogP) is 2.50. The van der Waals surface area contributed by atoms with Crippen molar-refractivity contribution in [3.8, 4) is 0 Å². The molecule has 3 heterocycles. The van der Waals surface area contributed by atoms with E-state index < -0.39 is 11.2 Å². The maximum atomic E-state index is 14.0. The number of nitrogens with one attached hydrogen (secondary N) is 1. The molecule has 1 atom stereocenters. The zero-order chi connectivity index (χ0) is 23.1. The van der Waals surface area contributed by atoms with Crippen molar-refractivity contribution in [1.82, 2.24) is 24.3 Å². The van der Waals surface area contributed by atoms with Crippen molar-refractivity contribution < 1.29 is 4.79 Å². The van der Waals surface area contributed by atoms with Crippen LogP contribution in [0.2, 0.25) is 0 Å². The zero-order valence-corrected chi connectivity index (χ0v) is 19.1. The highest BCUT2D eigenvalue weighted by molar-refractivity contribution is 6.05. The number of H-pyrrole nitrogens is 1. The lowest BCUT2D eigenvalue weighted by molar-refractivity contribution is 0.0499. The van der Waals surface area contributed by atoms with E-state index in [4.69, 9.17) is 4.98 Å². The van der Waals surface area contributed by atoms with Crippen LogP contribution in [0.1, 0.15) is 59.8 Å². The van der Waals surface area contributed by atoms with Gasteiger partial charge in [-0.15, -0.1) is 0 Å². The van der Waals surface area contributed by atoms with Crippen LogP contribution in [0.15, 0.2) is 46.0 Å². The van der Waals surface area contributed by atoms with Gasteiger partial charge in [-0.1, -0.05) is 37.3 Å². The summed E-state index contributed by atoms with van der Waals surface area (Å²) in [5.74, 6) is 0.0984. The highest BCUT2D eigenvalue weighted by atomic mass is 16.2. The van der Waals surface area contributed by atoms with Crippen molar-refractivity contribution in [3.63, 3.8) is 0 Å². The molecule has 0 bridgehead atoms. The highest BCUT2D eigenvalue weighted by Gasteiger charge is 2.34. The minimum Gasteiger partial charge on any atom is -0.329 e. The van der Waals surface area contributed by atoms with E-state index in [2.05, 4.69) is 16.9 Å². The number of carbonyl (C=O) groups excluding carboxylic acids is 1. The molecule has 5 rings (SSSR count). The fraction of sp³-hybridized carbons (Fsp3) is 0.440. The number of nitrogens with zero attached hydrogens (tertiary/aromatic N) is 4. The van der Waals surface area contributed by atoms with Crippen LogP contribution in [-0.4, -0.2) is 56.9 Å². The third kappa shape index (κ3) is 3.99. The average molecular weight is 448 g/mol. The summed E-state index contributed by atoms with van der Waals surface area (Å²) in [5.41, 5.74) is 1.50. The van der Waals surface area contributed by atoms with Crippen LogP contribution in [0.5, 0.6) is 0 Å². The third-order valence-corrected chi connectivity index (χ3v) is 6.67. The van der Waals surface area contributed by atoms with Crippen molar-refractivity contribution in [2.45, 2.75) is 44.7 Å².